The number of halogens is 2. The maximum absolute atomic E-state index is 13.2. The number of anilines is 2. The number of benzene rings is 1. The fraction of sp³-hybridized carbons (Fsp3) is 0.312. The number of nitrogens with zero attached hydrogens (tertiary/aromatic N) is 1. The summed E-state index contributed by atoms with van der Waals surface area (Å²) < 4.78 is 52.9. The molecule has 0 unspecified atom stereocenters. The van der Waals surface area contributed by atoms with Crippen LogP contribution < -0.4 is 10.0 Å². The van der Waals surface area contributed by atoms with Gasteiger partial charge in [-0.15, -0.1) is 0 Å². The van der Waals surface area contributed by atoms with Crippen molar-refractivity contribution >= 4 is 33.3 Å². The van der Waals surface area contributed by atoms with Gasteiger partial charge >= 0.3 is 0 Å². The summed E-state index contributed by atoms with van der Waals surface area (Å²) in [6, 6.07) is 5.72. The zero-order chi connectivity index (χ0) is 18.7. The minimum Gasteiger partial charge on any atom is -0.369 e. The van der Waals surface area contributed by atoms with Gasteiger partial charge < -0.3 is 5.32 Å². The van der Waals surface area contributed by atoms with Gasteiger partial charge in [0.1, 0.15) is 10.7 Å². The number of aromatic nitrogens is 1. The normalized spacial score (nSPS) is 12.0. The van der Waals surface area contributed by atoms with E-state index >= 15 is 0 Å². The van der Waals surface area contributed by atoms with Gasteiger partial charge in [-0.3, -0.25) is 4.72 Å². The third-order valence-corrected chi connectivity index (χ3v) is 6.08. The summed E-state index contributed by atoms with van der Waals surface area (Å²) in [4.78, 5) is 4.01. The number of thioether (sulfide) groups is 1. The van der Waals surface area contributed by atoms with E-state index in [-0.39, 0.29) is 15.3 Å². The van der Waals surface area contributed by atoms with Crippen molar-refractivity contribution in [3.05, 3.63) is 48.2 Å². The Hall–Kier alpha value is -1.87. The van der Waals surface area contributed by atoms with E-state index in [1.807, 2.05) is 6.26 Å². The van der Waals surface area contributed by atoms with E-state index in [0.717, 1.165) is 18.2 Å². The van der Waals surface area contributed by atoms with Crippen LogP contribution >= 0.6 is 11.8 Å². The Morgan fingerprint density at radius 3 is 2.44 bits per heavy atom. The second kappa shape index (κ2) is 7.57. The molecule has 2 N–H and O–H groups in total. The Balaban J connectivity index is 2.10. The first-order valence-electron chi connectivity index (χ1n) is 7.36. The first-order chi connectivity index (χ1) is 11.6. The number of hydrogen-bond acceptors (Lipinski definition) is 5. The molecule has 0 fully saturated rings. The SMILES string of the molecule is CSC(C)(C)CNc1ccc(S(=O)(=O)Nc2ccc(F)c(F)c2)cn1. The van der Waals surface area contributed by atoms with Crippen molar-refractivity contribution in [1.82, 2.24) is 4.98 Å². The van der Waals surface area contributed by atoms with Gasteiger partial charge in [-0.25, -0.2) is 22.2 Å². The Morgan fingerprint density at radius 1 is 1.16 bits per heavy atom. The van der Waals surface area contributed by atoms with Crippen molar-refractivity contribution < 1.29 is 17.2 Å². The minimum absolute atomic E-state index is 0.0145. The molecule has 136 valence electrons. The molecule has 0 amide bonds. The molecular weight excluding hydrogens is 368 g/mol. The lowest BCUT2D eigenvalue weighted by molar-refractivity contribution is 0.509. The van der Waals surface area contributed by atoms with Gasteiger partial charge in [0.15, 0.2) is 11.6 Å². The van der Waals surface area contributed by atoms with Crippen molar-refractivity contribution in [2.45, 2.75) is 23.5 Å². The Labute approximate surface area is 150 Å². The molecule has 5 nitrogen and oxygen atoms in total. The average molecular weight is 387 g/mol. The molecule has 0 bridgehead atoms. The van der Waals surface area contributed by atoms with Crippen LogP contribution in [0.3, 0.4) is 0 Å². The van der Waals surface area contributed by atoms with Gasteiger partial charge in [-0.05, 0) is 44.4 Å². The fourth-order valence-electron chi connectivity index (χ4n) is 1.79. The van der Waals surface area contributed by atoms with Crippen molar-refractivity contribution in [1.29, 1.82) is 0 Å². The maximum Gasteiger partial charge on any atom is 0.263 e. The van der Waals surface area contributed by atoms with Gasteiger partial charge in [0.25, 0.3) is 10.0 Å². The third-order valence-electron chi connectivity index (χ3n) is 3.47. The molecule has 2 rings (SSSR count). The van der Waals surface area contributed by atoms with Crippen LogP contribution in [-0.2, 0) is 10.0 Å². The van der Waals surface area contributed by atoms with Gasteiger partial charge in [-0.2, -0.15) is 11.8 Å². The standard InChI is InChI=1S/C16H19F2N3O2S2/c1-16(2,24-3)10-20-15-7-5-12(9-19-15)25(22,23)21-11-4-6-13(17)14(18)8-11/h4-9,21H,10H2,1-3H3,(H,19,20). The van der Waals surface area contributed by atoms with Crippen LogP contribution in [-0.4, -0.2) is 30.9 Å². The van der Waals surface area contributed by atoms with Crippen molar-refractivity contribution in [2.24, 2.45) is 0 Å². The lowest BCUT2D eigenvalue weighted by Crippen LogP contribution is -2.26. The lowest BCUT2D eigenvalue weighted by atomic mass is 10.2. The number of sulfonamides is 1. The lowest BCUT2D eigenvalue weighted by Gasteiger charge is -2.22. The van der Waals surface area contributed by atoms with E-state index in [1.165, 1.54) is 12.3 Å². The van der Waals surface area contributed by atoms with Gasteiger partial charge in [0, 0.05) is 23.6 Å². The number of nitrogens with one attached hydrogen (secondary N) is 2. The number of hydrogen-bond donors (Lipinski definition) is 2. The Morgan fingerprint density at radius 2 is 1.88 bits per heavy atom. The highest BCUT2D eigenvalue weighted by molar-refractivity contribution is 8.00. The van der Waals surface area contributed by atoms with E-state index in [4.69, 9.17) is 0 Å². The molecule has 0 aliphatic rings. The van der Waals surface area contributed by atoms with Crippen LogP contribution in [0.5, 0.6) is 0 Å². The molecule has 25 heavy (non-hydrogen) atoms. The van der Waals surface area contributed by atoms with E-state index in [9.17, 15) is 17.2 Å². The monoisotopic (exact) mass is 387 g/mol. The molecule has 0 saturated heterocycles. The minimum atomic E-state index is -3.94. The summed E-state index contributed by atoms with van der Waals surface area (Å²) >= 11 is 1.70. The molecule has 0 spiro atoms. The average Bonchev–Trinajstić information content (AvgIpc) is 2.56. The molecule has 1 heterocycles. The first-order valence-corrected chi connectivity index (χ1v) is 10.1. The molecular formula is C16H19F2N3O2S2. The molecule has 2 aromatic rings. The summed E-state index contributed by atoms with van der Waals surface area (Å²) in [5.74, 6) is -1.63. The quantitative estimate of drug-likeness (QED) is 0.758. The largest absolute Gasteiger partial charge is 0.369 e. The smallest absolute Gasteiger partial charge is 0.263 e. The maximum atomic E-state index is 13.2. The van der Waals surface area contributed by atoms with Crippen molar-refractivity contribution in [2.75, 3.05) is 22.8 Å². The molecule has 0 saturated carbocycles. The molecule has 0 radical (unpaired) electrons. The van der Waals surface area contributed by atoms with Crippen LogP contribution in [0.1, 0.15) is 13.8 Å². The third kappa shape index (κ3) is 5.30. The molecule has 9 heteroatoms. The second-order valence-corrected chi connectivity index (χ2v) is 9.13. The molecule has 1 aromatic carbocycles. The number of pyridine rings is 1. The zero-order valence-electron chi connectivity index (χ0n) is 14.0. The predicted octanol–water partition coefficient (Wildman–Crippen LogP) is 3.71. The molecule has 0 aliphatic carbocycles. The van der Waals surface area contributed by atoms with E-state index in [0.29, 0.717) is 12.4 Å². The van der Waals surface area contributed by atoms with Crippen LogP contribution in [0, 0.1) is 11.6 Å². The molecule has 0 atom stereocenters. The van der Waals surface area contributed by atoms with Crippen LogP contribution in [0.4, 0.5) is 20.3 Å². The van der Waals surface area contributed by atoms with Gasteiger partial charge in [0.2, 0.25) is 0 Å². The van der Waals surface area contributed by atoms with Crippen LogP contribution in [0.25, 0.3) is 0 Å². The summed E-state index contributed by atoms with van der Waals surface area (Å²) in [6.07, 6.45) is 3.21. The van der Waals surface area contributed by atoms with Crippen molar-refractivity contribution in [3.63, 3.8) is 0 Å². The highest BCUT2D eigenvalue weighted by Gasteiger charge is 2.18. The number of rotatable bonds is 7. The summed E-state index contributed by atoms with van der Waals surface area (Å²) in [5.41, 5.74) is -0.0668. The molecule has 1 aromatic heterocycles. The van der Waals surface area contributed by atoms with Crippen LogP contribution in [0.2, 0.25) is 0 Å². The topological polar surface area (TPSA) is 71.1 Å². The van der Waals surface area contributed by atoms with E-state index < -0.39 is 21.7 Å². The van der Waals surface area contributed by atoms with Crippen molar-refractivity contribution in [3.8, 4) is 0 Å². The van der Waals surface area contributed by atoms with E-state index in [1.54, 1.807) is 17.8 Å². The van der Waals surface area contributed by atoms with Gasteiger partial charge in [0.05, 0.1) is 5.69 Å². The predicted molar refractivity (Wildman–Crippen MR) is 97.5 cm³/mol. The zero-order valence-corrected chi connectivity index (χ0v) is 15.6. The summed E-state index contributed by atoms with van der Waals surface area (Å²) in [7, 11) is -3.94. The first kappa shape index (κ1) is 19.5. The second-order valence-electron chi connectivity index (χ2n) is 5.93. The molecule has 0 aliphatic heterocycles. The fourth-order valence-corrected chi connectivity index (χ4v) is 3.00. The highest BCUT2D eigenvalue weighted by atomic mass is 32.2. The summed E-state index contributed by atoms with van der Waals surface area (Å²) in [5, 5.41) is 3.14. The summed E-state index contributed by atoms with van der Waals surface area (Å²) in [6.45, 7) is 4.82. The highest BCUT2D eigenvalue weighted by Crippen LogP contribution is 2.22. The van der Waals surface area contributed by atoms with E-state index in [2.05, 4.69) is 28.9 Å². The Kier molecular flexibility index (Phi) is 5.89. The van der Waals surface area contributed by atoms with Gasteiger partial charge in [-0.1, -0.05) is 0 Å². The Bertz CT molecular complexity index is 841. The van der Waals surface area contributed by atoms with Crippen LogP contribution in [0.15, 0.2) is 41.4 Å².